The van der Waals surface area contributed by atoms with Gasteiger partial charge in [-0.25, -0.2) is 4.98 Å². The number of hydrogen-bond donors (Lipinski definition) is 2. The number of nitrogens with zero attached hydrogens (tertiary/aromatic N) is 2. The average Bonchev–Trinajstić information content (AvgIpc) is 2.19. The Labute approximate surface area is 112 Å². The lowest BCUT2D eigenvalue weighted by molar-refractivity contribution is 0.344. The quantitative estimate of drug-likeness (QED) is 0.877. The van der Waals surface area contributed by atoms with E-state index in [1.54, 1.807) is 6.20 Å². The van der Waals surface area contributed by atoms with Gasteiger partial charge in [0.2, 0.25) is 0 Å². The molecule has 3 N–H and O–H groups in total. The van der Waals surface area contributed by atoms with E-state index in [-0.39, 0.29) is 0 Å². The first-order chi connectivity index (χ1) is 7.90. The second-order valence-corrected chi connectivity index (χ2v) is 5.71. The standard InChI is InChI=1S/C12H21BrN4/c1-8(2)11(7-17(3)4)16-12-10(13)5-9(14)6-15-12/h5-6,8,11H,7,14H2,1-4H3,(H,15,16). The summed E-state index contributed by atoms with van der Waals surface area (Å²) < 4.78 is 0.905. The summed E-state index contributed by atoms with van der Waals surface area (Å²) in [4.78, 5) is 6.48. The number of hydrogen-bond acceptors (Lipinski definition) is 4. The van der Waals surface area contributed by atoms with Crippen molar-refractivity contribution >= 4 is 27.4 Å². The van der Waals surface area contributed by atoms with Gasteiger partial charge in [0.1, 0.15) is 5.82 Å². The molecule has 0 aliphatic carbocycles. The van der Waals surface area contributed by atoms with Crippen molar-refractivity contribution < 1.29 is 0 Å². The van der Waals surface area contributed by atoms with Crippen molar-refractivity contribution in [2.24, 2.45) is 5.92 Å². The van der Waals surface area contributed by atoms with E-state index in [0.717, 1.165) is 16.8 Å². The van der Waals surface area contributed by atoms with Gasteiger partial charge in [0.05, 0.1) is 16.4 Å². The molecule has 5 heteroatoms. The van der Waals surface area contributed by atoms with Gasteiger partial charge in [-0.15, -0.1) is 0 Å². The van der Waals surface area contributed by atoms with E-state index in [1.807, 2.05) is 6.07 Å². The number of halogens is 1. The summed E-state index contributed by atoms with van der Waals surface area (Å²) in [5.41, 5.74) is 6.33. The molecule has 0 aromatic carbocycles. The van der Waals surface area contributed by atoms with Crippen molar-refractivity contribution in [1.29, 1.82) is 0 Å². The van der Waals surface area contributed by atoms with E-state index in [1.165, 1.54) is 0 Å². The van der Waals surface area contributed by atoms with Gasteiger partial charge < -0.3 is 16.0 Å². The Morgan fingerprint density at radius 1 is 1.47 bits per heavy atom. The molecule has 1 aromatic heterocycles. The third kappa shape index (κ3) is 4.52. The molecule has 0 spiro atoms. The third-order valence-electron chi connectivity index (χ3n) is 2.55. The van der Waals surface area contributed by atoms with Gasteiger partial charge in [0.15, 0.2) is 0 Å². The fourth-order valence-corrected chi connectivity index (χ4v) is 2.03. The second-order valence-electron chi connectivity index (χ2n) is 4.86. The molecule has 96 valence electrons. The average molecular weight is 301 g/mol. The number of anilines is 2. The number of aromatic nitrogens is 1. The van der Waals surface area contributed by atoms with Crippen LogP contribution in [0.15, 0.2) is 16.7 Å². The maximum atomic E-state index is 5.67. The maximum Gasteiger partial charge on any atom is 0.140 e. The van der Waals surface area contributed by atoms with Gasteiger partial charge in [-0.2, -0.15) is 0 Å². The Hall–Kier alpha value is -0.810. The number of nitrogen functional groups attached to an aromatic ring is 1. The molecule has 0 aliphatic heterocycles. The Bertz CT molecular complexity index is 366. The first kappa shape index (κ1) is 14.3. The van der Waals surface area contributed by atoms with Crippen molar-refractivity contribution in [3.8, 4) is 0 Å². The molecule has 0 aliphatic rings. The zero-order valence-corrected chi connectivity index (χ0v) is 12.5. The van der Waals surface area contributed by atoms with Crippen LogP contribution in [0.2, 0.25) is 0 Å². The Morgan fingerprint density at radius 2 is 2.12 bits per heavy atom. The zero-order valence-electron chi connectivity index (χ0n) is 10.9. The van der Waals surface area contributed by atoms with Crippen molar-refractivity contribution in [2.45, 2.75) is 19.9 Å². The van der Waals surface area contributed by atoms with Gasteiger partial charge in [-0.05, 0) is 42.0 Å². The molecule has 0 saturated heterocycles. The van der Waals surface area contributed by atoms with Crippen LogP contribution in [0.1, 0.15) is 13.8 Å². The van der Waals surface area contributed by atoms with Crippen molar-refractivity contribution in [3.05, 3.63) is 16.7 Å². The molecule has 1 rings (SSSR count). The molecule has 4 nitrogen and oxygen atoms in total. The van der Waals surface area contributed by atoms with Crippen LogP contribution in [0.25, 0.3) is 0 Å². The molecule has 0 fully saturated rings. The van der Waals surface area contributed by atoms with Gasteiger partial charge >= 0.3 is 0 Å². The fourth-order valence-electron chi connectivity index (χ4n) is 1.55. The SMILES string of the molecule is CC(C)C(CN(C)C)Nc1ncc(N)cc1Br. The molecule has 0 saturated carbocycles. The van der Waals surface area contributed by atoms with E-state index in [9.17, 15) is 0 Å². The van der Waals surface area contributed by atoms with Crippen LogP contribution >= 0.6 is 15.9 Å². The van der Waals surface area contributed by atoms with Crippen LogP contribution in [0.4, 0.5) is 11.5 Å². The van der Waals surface area contributed by atoms with Gasteiger partial charge in [-0.1, -0.05) is 13.8 Å². The van der Waals surface area contributed by atoms with E-state index in [4.69, 9.17) is 5.73 Å². The lowest BCUT2D eigenvalue weighted by Gasteiger charge is -2.26. The Balaban J connectivity index is 2.78. The lowest BCUT2D eigenvalue weighted by atomic mass is 10.0. The highest BCUT2D eigenvalue weighted by atomic mass is 79.9. The van der Waals surface area contributed by atoms with Crippen molar-refractivity contribution in [3.63, 3.8) is 0 Å². The molecular formula is C12H21BrN4. The molecule has 0 bridgehead atoms. The highest BCUT2D eigenvalue weighted by molar-refractivity contribution is 9.10. The normalized spacial score (nSPS) is 13.1. The van der Waals surface area contributed by atoms with E-state index in [2.05, 4.69) is 59.1 Å². The van der Waals surface area contributed by atoms with E-state index in [0.29, 0.717) is 17.6 Å². The van der Waals surface area contributed by atoms with Crippen LogP contribution in [0, 0.1) is 5.92 Å². The summed E-state index contributed by atoms with van der Waals surface area (Å²) in [6.07, 6.45) is 1.67. The number of likely N-dealkylation sites (N-methyl/N-ethyl adjacent to an activating group) is 1. The number of nitrogens with two attached hydrogens (primary N) is 1. The van der Waals surface area contributed by atoms with Gasteiger partial charge in [-0.3, -0.25) is 0 Å². The second kappa shape index (κ2) is 6.21. The highest BCUT2D eigenvalue weighted by Crippen LogP contribution is 2.23. The summed E-state index contributed by atoms with van der Waals surface area (Å²) >= 11 is 3.47. The fraction of sp³-hybridized carbons (Fsp3) is 0.583. The predicted molar refractivity (Wildman–Crippen MR) is 77.2 cm³/mol. The molecule has 17 heavy (non-hydrogen) atoms. The third-order valence-corrected chi connectivity index (χ3v) is 3.16. The van der Waals surface area contributed by atoms with Crippen LogP contribution in [-0.4, -0.2) is 36.6 Å². The minimum Gasteiger partial charge on any atom is -0.397 e. The lowest BCUT2D eigenvalue weighted by Crippen LogP contribution is -2.36. The number of nitrogens with one attached hydrogen (secondary N) is 1. The monoisotopic (exact) mass is 300 g/mol. The van der Waals surface area contributed by atoms with Crippen LogP contribution in [0.3, 0.4) is 0 Å². The van der Waals surface area contributed by atoms with E-state index >= 15 is 0 Å². The minimum absolute atomic E-state index is 0.359. The summed E-state index contributed by atoms with van der Waals surface area (Å²) in [6.45, 7) is 5.37. The van der Waals surface area contributed by atoms with Gasteiger partial charge in [0.25, 0.3) is 0 Å². The topological polar surface area (TPSA) is 54.2 Å². The summed E-state index contributed by atoms with van der Waals surface area (Å²) in [5.74, 6) is 1.38. The summed E-state index contributed by atoms with van der Waals surface area (Å²) in [7, 11) is 4.14. The number of rotatable bonds is 5. The first-order valence-corrected chi connectivity index (χ1v) is 6.51. The summed E-state index contributed by atoms with van der Waals surface area (Å²) in [6, 6.07) is 2.22. The molecule has 0 radical (unpaired) electrons. The predicted octanol–water partition coefficient (Wildman–Crippen LogP) is 2.42. The van der Waals surface area contributed by atoms with Gasteiger partial charge in [0, 0.05) is 12.6 Å². The minimum atomic E-state index is 0.359. The summed E-state index contributed by atoms with van der Waals surface area (Å²) in [5, 5.41) is 3.45. The number of pyridine rings is 1. The van der Waals surface area contributed by atoms with Crippen molar-refractivity contribution in [2.75, 3.05) is 31.7 Å². The van der Waals surface area contributed by atoms with Crippen molar-refractivity contribution in [1.82, 2.24) is 9.88 Å². The van der Waals surface area contributed by atoms with Crippen LogP contribution < -0.4 is 11.1 Å². The van der Waals surface area contributed by atoms with Crippen LogP contribution in [0.5, 0.6) is 0 Å². The molecule has 1 aromatic rings. The Kier molecular flexibility index (Phi) is 5.21. The van der Waals surface area contributed by atoms with Crippen LogP contribution in [-0.2, 0) is 0 Å². The van der Waals surface area contributed by atoms with E-state index < -0.39 is 0 Å². The largest absolute Gasteiger partial charge is 0.397 e. The molecular weight excluding hydrogens is 280 g/mol. The molecule has 1 unspecified atom stereocenters. The highest BCUT2D eigenvalue weighted by Gasteiger charge is 2.15. The maximum absolute atomic E-state index is 5.67. The smallest absolute Gasteiger partial charge is 0.140 e. The zero-order chi connectivity index (χ0) is 13.0. The molecule has 1 atom stereocenters. The molecule has 1 heterocycles. The Morgan fingerprint density at radius 3 is 2.59 bits per heavy atom. The first-order valence-electron chi connectivity index (χ1n) is 5.72. The molecule has 0 amide bonds.